The van der Waals surface area contributed by atoms with Gasteiger partial charge in [-0.1, -0.05) is 59.6 Å². The number of nitro groups is 2. The van der Waals surface area contributed by atoms with Gasteiger partial charge >= 0.3 is 0 Å². The number of rotatable bonds is 12. The molecule has 2 heterocycles. The van der Waals surface area contributed by atoms with Gasteiger partial charge in [0.2, 0.25) is 11.2 Å². The number of sulfone groups is 2. The van der Waals surface area contributed by atoms with Gasteiger partial charge in [-0.3, -0.25) is 20.2 Å². The van der Waals surface area contributed by atoms with Gasteiger partial charge in [-0.05, 0) is 75.7 Å². The van der Waals surface area contributed by atoms with Gasteiger partial charge in [-0.25, -0.2) is 26.8 Å². The van der Waals surface area contributed by atoms with Crippen LogP contribution in [0.15, 0.2) is 119 Å². The van der Waals surface area contributed by atoms with Crippen molar-refractivity contribution in [2.75, 3.05) is 21.7 Å². The summed E-state index contributed by atoms with van der Waals surface area (Å²) in [5.41, 5.74) is 6.78. The number of nitro benzene ring substituents is 2. The third kappa shape index (κ3) is 12.9. The van der Waals surface area contributed by atoms with Gasteiger partial charge in [-0.2, -0.15) is 9.97 Å². The van der Waals surface area contributed by atoms with Crippen molar-refractivity contribution in [3.05, 3.63) is 145 Å². The number of halogens is 3. The van der Waals surface area contributed by atoms with Crippen LogP contribution in [0.2, 0.25) is 15.3 Å². The molecule has 2 aromatic heterocycles. The lowest BCUT2D eigenvalue weighted by molar-refractivity contribution is -0.385. The molecule has 6 rings (SSSR count). The molecular formula is C38H37Cl3N10O8S2. The fourth-order valence-corrected chi connectivity index (χ4v) is 7.63. The van der Waals surface area contributed by atoms with E-state index in [4.69, 9.17) is 40.5 Å². The quantitative estimate of drug-likeness (QED) is 0.0385. The number of hydrogen-bond donors (Lipinski definition) is 4. The highest BCUT2D eigenvalue weighted by atomic mass is 35.5. The summed E-state index contributed by atoms with van der Waals surface area (Å²) >= 11 is 17.9. The standard InChI is InChI=1S/C19H18ClN5O4S.C13H13Cl2N3O2S.C6H6N2O2/c1-12(2)30(28,29)17-9-4-3-8-16(17)23-18-15(20)11-21-19(24-18)22-13-6-5-7-14(10-13)25(26)27;1-8(2)21(19,20)11-6-4-3-5-10(11)17-12-9(14)7-16-13(15)18-12;7-5-2-1-3-6(4-5)8(9)10/h3-12H,1-2H3,(H2,21,22,23,24);3-8H,1-2H3,(H,16,17,18);1-4H,7H2. The lowest BCUT2D eigenvalue weighted by Gasteiger charge is -2.15. The Hall–Kier alpha value is -6.19. The van der Waals surface area contributed by atoms with Crippen LogP contribution in [0, 0.1) is 20.2 Å². The largest absolute Gasteiger partial charge is 0.399 e. The van der Waals surface area contributed by atoms with Crippen molar-refractivity contribution in [3.63, 3.8) is 0 Å². The van der Waals surface area contributed by atoms with Crippen LogP contribution in [0.3, 0.4) is 0 Å². The average molecular weight is 932 g/mol. The smallest absolute Gasteiger partial charge is 0.271 e. The summed E-state index contributed by atoms with van der Waals surface area (Å²) in [5.74, 6) is 0.570. The summed E-state index contributed by atoms with van der Waals surface area (Å²) in [6.45, 7) is 6.46. The highest BCUT2D eigenvalue weighted by Crippen LogP contribution is 2.32. The molecule has 0 aliphatic heterocycles. The van der Waals surface area contributed by atoms with Gasteiger partial charge < -0.3 is 21.7 Å². The van der Waals surface area contributed by atoms with Crippen LogP contribution in [-0.4, -0.2) is 57.1 Å². The van der Waals surface area contributed by atoms with Crippen LogP contribution in [0.25, 0.3) is 0 Å². The minimum absolute atomic E-state index is 0.0195. The first kappa shape index (κ1) is 47.5. The molecule has 0 saturated heterocycles. The number of aromatic nitrogens is 4. The maximum Gasteiger partial charge on any atom is 0.271 e. The SMILES string of the molecule is CC(C)S(=O)(=O)c1ccccc1Nc1nc(Cl)ncc1Cl.CC(C)S(=O)(=O)c1ccccc1Nc1nc(Nc2cccc([N+](=O)[O-])c2)ncc1Cl.Nc1cccc([N+](=O)[O-])c1. The molecule has 0 saturated carbocycles. The Balaban J connectivity index is 0.000000228. The molecule has 0 bridgehead atoms. The van der Waals surface area contributed by atoms with Crippen molar-refractivity contribution in [1.29, 1.82) is 0 Å². The minimum atomic E-state index is -3.54. The minimum Gasteiger partial charge on any atom is -0.399 e. The first-order valence-corrected chi connectivity index (χ1v) is 21.8. The molecular weight excluding hydrogens is 895 g/mol. The summed E-state index contributed by atoms with van der Waals surface area (Å²) in [7, 11) is -6.97. The predicted octanol–water partition coefficient (Wildman–Crippen LogP) is 9.59. The van der Waals surface area contributed by atoms with Crippen molar-refractivity contribution in [2.45, 2.75) is 48.0 Å². The molecule has 18 nitrogen and oxygen atoms in total. The molecule has 0 aliphatic rings. The molecule has 0 atom stereocenters. The Morgan fingerprint density at radius 3 is 1.54 bits per heavy atom. The van der Waals surface area contributed by atoms with Gasteiger partial charge in [0.25, 0.3) is 11.4 Å². The van der Waals surface area contributed by atoms with Crippen LogP contribution < -0.4 is 21.7 Å². The van der Waals surface area contributed by atoms with Crippen LogP contribution in [0.4, 0.5) is 51.7 Å². The molecule has 4 aromatic carbocycles. The van der Waals surface area contributed by atoms with E-state index < -0.39 is 40.0 Å². The molecule has 0 spiro atoms. The van der Waals surface area contributed by atoms with E-state index in [1.54, 1.807) is 82.3 Å². The van der Waals surface area contributed by atoms with Crippen LogP contribution in [0.1, 0.15) is 27.7 Å². The maximum atomic E-state index is 12.6. The topological polar surface area (TPSA) is 268 Å². The van der Waals surface area contributed by atoms with E-state index in [1.807, 2.05) is 0 Å². The number of anilines is 7. The van der Waals surface area contributed by atoms with Crippen molar-refractivity contribution in [2.24, 2.45) is 0 Å². The van der Waals surface area contributed by atoms with Crippen molar-refractivity contribution >= 4 is 106 Å². The van der Waals surface area contributed by atoms with Gasteiger partial charge in [0.1, 0.15) is 10.0 Å². The summed E-state index contributed by atoms with van der Waals surface area (Å²) in [6.07, 6.45) is 2.69. The zero-order valence-electron chi connectivity index (χ0n) is 32.5. The van der Waals surface area contributed by atoms with Crippen LogP contribution in [-0.2, 0) is 19.7 Å². The number of benzene rings is 4. The van der Waals surface area contributed by atoms with Gasteiger partial charge in [0.15, 0.2) is 31.3 Å². The predicted molar refractivity (Wildman–Crippen MR) is 237 cm³/mol. The van der Waals surface area contributed by atoms with Crippen molar-refractivity contribution < 1.29 is 26.7 Å². The molecule has 23 heteroatoms. The van der Waals surface area contributed by atoms with E-state index in [0.717, 1.165) is 0 Å². The number of nitrogens with two attached hydrogens (primary N) is 1. The molecule has 0 unspecified atom stereocenters. The number of nitrogen functional groups attached to an aromatic ring is 1. The molecule has 0 radical (unpaired) electrons. The van der Waals surface area contributed by atoms with Crippen LogP contribution >= 0.6 is 34.8 Å². The Labute approximate surface area is 365 Å². The normalized spacial score (nSPS) is 11.1. The molecule has 61 heavy (non-hydrogen) atoms. The summed E-state index contributed by atoms with van der Waals surface area (Å²) in [5, 5.41) is 29.1. The third-order valence-corrected chi connectivity index (χ3v) is 13.1. The zero-order valence-corrected chi connectivity index (χ0v) is 36.4. The van der Waals surface area contributed by atoms with Gasteiger partial charge in [-0.15, -0.1) is 0 Å². The monoisotopic (exact) mass is 930 g/mol. The highest BCUT2D eigenvalue weighted by Gasteiger charge is 2.24. The van der Waals surface area contributed by atoms with Crippen LogP contribution in [0.5, 0.6) is 0 Å². The number of nitrogens with one attached hydrogen (secondary N) is 3. The summed E-state index contributed by atoms with van der Waals surface area (Å²) < 4.78 is 50.0. The lowest BCUT2D eigenvalue weighted by atomic mass is 10.3. The van der Waals surface area contributed by atoms with E-state index in [2.05, 4.69) is 35.9 Å². The average Bonchev–Trinajstić information content (AvgIpc) is 3.21. The van der Waals surface area contributed by atoms with Gasteiger partial charge in [0, 0.05) is 35.6 Å². The van der Waals surface area contributed by atoms with Crippen molar-refractivity contribution in [3.8, 4) is 0 Å². The molecule has 5 N–H and O–H groups in total. The Morgan fingerprint density at radius 1 is 0.607 bits per heavy atom. The Kier molecular flexibility index (Phi) is 16.2. The molecule has 320 valence electrons. The molecule has 0 aliphatic carbocycles. The van der Waals surface area contributed by atoms with Crippen molar-refractivity contribution in [1.82, 2.24) is 19.9 Å². The Morgan fingerprint density at radius 2 is 1.07 bits per heavy atom. The fourth-order valence-electron chi connectivity index (χ4n) is 4.81. The third-order valence-electron chi connectivity index (χ3n) is 7.99. The molecule has 0 fully saturated rings. The van der Waals surface area contributed by atoms with E-state index in [1.165, 1.54) is 54.9 Å². The second-order valence-electron chi connectivity index (χ2n) is 12.9. The van der Waals surface area contributed by atoms with E-state index >= 15 is 0 Å². The van der Waals surface area contributed by atoms with E-state index in [9.17, 15) is 37.1 Å². The second-order valence-corrected chi connectivity index (χ2v) is 19.0. The number of nitrogens with zero attached hydrogens (tertiary/aromatic N) is 6. The Bertz CT molecular complexity index is 2770. The van der Waals surface area contributed by atoms with E-state index in [0.29, 0.717) is 22.7 Å². The molecule has 0 amide bonds. The number of non-ortho nitro benzene ring substituents is 2. The maximum absolute atomic E-state index is 12.6. The number of hydrogen-bond acceptors (Lipinski definition) is 16. The van der Waals surface area contributed by atoms with Gasteiger partial charge in [0.05, 0.1) is 53.9 Å². The molecule has 6 aromatic rings. The first-order valence-electron chi connectivity index (χ1n) is 17.6. The fraction of sp³-hybridized carbons (Fsp3) is 0.158. The first-order chi connectivity index (χ1) is 28.7. The highest BCUT2D eigenvalue weighted by molar-refractivity contribution is 7.92. The summed E-state index contributed by atoms with van der Waals surface area (Å²) in [6, 6.07) is 24.8. The zero-order chi connectivity index (χ0) is 45.1. The second kappa shape index (κ2) is 20.9. The number of para-hydroxylation sites is 2. The lowest BCUT2D eigenvalue weighted by Crippen LogP contribution is -2.15. The van der Waals surface area contributed by atoms with E-state index in [-0.39, 0.29) is 54.1 Å². The summed E-state index contributed by atoms with van der Waals surface area (Å²) in [4.78, 5) is 36.4.